The van der Waals surface area contributed by atoms with Crippen LogP contribution in [0.3, 0.4) is 0 Å². The van der Waals surface area contributed by atoms with Crippen LogP contribution < -0.4 is 0 Å². The van der Waals surface area contributed by atoms with E-state index in [1.807, 2.05) is 24.3 Å². The summed E-state index contributed by atoms with van der Waals surface area (Å²) in [5.74, 6) is 0. The summed E-state index contributed by atoms with van der Waals surface area (Å²) in [7, 11) is 0. The topological polar surface area (TPSA) is 12.9 Å². The van der Waals surface area contributed by atoms with Gasteiger partial charge < -0.3 is 0 Å². The van der Waals surface area contributed by atoms with Crippen molar-refractivity contribution < 1.29 is 0 Å². The Labute approximate surface area is 105 Å². The standard InChI is InChI=1S/C15H10ClN/c16-14-7-8-15(17-10-14)13-6-5-11-3-1-2-4-12(11)9-13/h1-10H. The van der Waals surface area contributed by atoms with E-state index in [1.54, 1.807) is 6.20 Å². The first-order chi connectivity index (χ1) is 8.33. The molecule has 17 heavy (non-hydrogen) atoms. The van der Waals surface area contributed by atoms with Gasteiger partial charge in [-0.2, -0.15) is 0 Å². The molecule has 82 valence electrons. The number of aromatic nitrogens is 1. The minimum Gasteiger partial charge on any atom is -0.255 e. The van der Waals surface area contributed by atoms with Crippen molar-refractivity contribution in [2.75, 3.05) is 0 Å². The average molecular weight is 240 g/mol. The third kappa shape index (κ3) is 2.02. The highest BCUT2D eigenvalue weighted by molar-refractivity contribution is 6.30. The zero-order chi connectivity index (χ0) is 11.7. The lowest BCUT2D eigenvalue weighted by atomic mass is 10.0. The number of halogens is 1. The Morgan fingerprint density at radius 2 is 1.65 bits per heavy atom. The number of benzene rings is 2. The van der Waals surface area contributed by atoms with Gasteiger partial charge in [0.25, 0.3) is 0 Å². The fourth-order valence-corrected chi connectivity index (χ4v) is 2.01. The van der Waals surface area contributed by atoms with Gasteiger partial charge in [-0.05, 0) is 29.0 Å². The summed E-state index contributed by atoms with van der Waals surface area (Å²) in [6.45, 7) is 0. The predicted octanol–water partition coefficient (Wildman–Crippen LogP) is 4.56. The van der Waals surface area contributed by atoms with Gasteiger partial charge in [0.1, 0.15) is 0 Å². The van der Waals surface area contributed by atoms with E-state index in [4.69, 9.17) is 11.6 Å². The molecule has 0 aliphatic carbocycles. The Kier molecular flexibility index (Phi) is 2.54. The summed E-state index contributed by atoms with van der Waals surface area (Å²) in [5, 5.41) is 3.13. The fraction of sp³-hybridized carbons (Fsp3) is 0. The molecule has 1 nitrogen and oxygen atoms in total. The minimum atomic E-state index is 0.662. The van der Waals surface area contributed by atoms with Gasteiger partial charge in [-0.3, -0.25) is 4.98 Å². The molecule has 3 rings (SSSR count). The van der Waals surface area contributed by atoms with E-state index in [0.717, 1.165) is 11.3 Å². The van der Waals surface area contributed by atoms with Crippen LogP contribution in [0.2, 0.25) is 5.02 Å². The molecule has 0 amide bonds. The maximum absolute atomic E-state index is 5.83. The van der Waals surface area contributed by atoms with Gasteiger partial charge in [0.05, 0.1) is 10.7 Å². The Morgan fingerprint density at radius 3 is 2.41 bits per heavy atom. The fourth-order valence-electron chi connectivity index (χ4n) is 1.90. The number of fused-ring (bicyclic) bond motifs is 1. The molecular weight excluding hydrogens is 230 g/mol. The minimum absolute atomic E-state index is 0.662. The normalized spacial score (nSPS) is 10.6. The third-order valence-electron chi connectivity index (χ3n) is 2.77. The second kappa shape index (κ2) is 4.19. The van der Waals surface area contributed by atoms with Gasteiger partial charge in [0, 0.05) is 11.8 Å². The second-order valence-electron chi connectivity index (χ2n) is 3.92. The van der Waals surface area contributed by atoms with Crippen molar-refractivity contribution in [3.05, 3.63) is 65.8 Å². The Balaban J connectivity index is 2.14. The van der Waals surface area contributed by atoms with Gasteiger partial charge in [-0.15, -0.1) is 0 Å². The molecule has 0 unspecified atom stereocenters. The molecule has 0 N–H and O–H groups in total. The van der Waals surface area contributed by atoms with Crippen LogP contribution >= 0.6 is 11.6 Å². The first-order valence-corrected chi connectivity index (χ1v) is 5.81. The van der Waals surface area contributed by atoms with Crippen molar-refractivity contribution in [3.63, 3.8) is 0 Å². The van der Waals surface area contributed by atoms with Gasteiger partial charge in [0.15, 0.2) is 0 Å². The smallest absolute Gasteiger partial charge is 0.0703 e. The summed E-state index contributed by atoms with van der Waals surface area (Å²) in [4.78, 5) is 4.32. The highest BCUT2D eigenvalue weighted by atomic mass is 35.5. The van der Waals surface area contributed by atoms with E-state index >= 15 is 0 Å². The highest BCUT2D eigenvalue weighted by Gasteiger charge is 2.00. The predicted molar refractivity (Wildman–Crippen MR) is 72.2 cm³/mol. The molecule has 0 atom stereocenters. The maximum Gasteiger partial charge on any atom is 0.0703 e. The number of pyridine rings is 1. The SMILES string of the molecule is Clc1ccc(-c2ccc3ccccc3c2)nc1. The van der Waals surface area contributed by atoms with E-state index in [-0.39, 0.29) is 0 Å². The van der Waals surface area contributed by atoms with Crippen LogP contribution in [0.4, 0.5) is 0 Å². The Hall–Kier alpha value is -1.86. The van der Waals surface area contributed by atoms with Crippen LogP contribution in [0.5, 0.6) is 0 Å². The second-order valence-corrected chi connectivity index (χ2v) is 4.36. The summed E-state index contributed by atoms with van der Waals surface area (Å²) in [6.07, 6.45) is 1.67. The first kappa shape index (κ1) is 10.3. The monoisotopic (exact) mass is 239 g/mol. The lowest BCUT2D eigenvalue weighted by molar-refractivity contribution is 1.33. The molecular formula is C15H10ClN. The lowest BCUT2D eigenvalue weighted by Gasteiger charge is -2.03. The summed E-state index contributed by atoms with van der Waals surface area (Å²) < 4.78 is 0. The molecule has 1 aromatic heterocycles. The molecule has 0 radical (unpaired) electrons. The third-order valence-corrected chi connectivity index (χ3v) is 3.00. The van der Waals surface area contributed by atoms with E-state index in [2.05, 4.69) is 35.3 Å². The molecule has 0 bridgehead atoms. The van der Waals surface area contributed by atoms with Crippen LogP contribution in [0.15, 0.2) is 60.8 Å². The van der Waals surface area contributed by atoms with Crippen molar-refractivity contribution in [2.45, 2.75) is 0 Å². The summed E-state index contributed by atoms with van der Waals surface area (Å²) in [6, 6.07) is 18.4. The van der Waals surface area contributed by atoms with E-state index < -0.39 is 0 Å². The quantitative estimate of drug-likeness (QED) is 0.607. The van der Waals surface area contributed by atoms with Gasteiger partial charge in [-0.1, -0.05) is 48.0 Å². The highest BCUT2D eigenvalue weighted by Crippen LogP contribution is 2.23. The number of hydrogen-bond donors (Lipinski definition) is 0. The molecule has 0 saturated heterocycles. The largest absolute Gasteiger partial charge is 0.255 e. The molecule has 0 aliphatic rings. The van der Waals surface area contributed by atoms with Crippen LogP contribution in [-0.4, -0.2) is 4.98 Å². The first-order valence-electron chi connectivity index (χ1n) is 5.44. The van der Waals surface area contributed by atoms with Crippen LogP contribution in [0.25, 0.3) is 22.0 Å². The summed E-state index contributed by atoms with van der Waals surface area (Å²) >= 11 is 5.83. The van der Waals surface area contributed by atoms with Crippen LogP contribution in [-0.2, 0) is 0 Å². The Morgan fingerprint density at radius 1 is 0.824 bits per heavy atom. The van der Waals surface area contributed by atoms with Crippen molar-refractivity contribution >= 4 is 22.4 Å². The molecule has 0 saturated carbocycles. The molecule has 0 spiro atoms. The zero-order valence-corrected chi connectivity index (χ0v) is 9.85. The van der Waals surface area contributed by atoms with Gasteiger partial charge in [0.2, 0.25) is 0 Å². The van der Waals surface area contributed by atoms with E-state index in [1.165, 1.54) is 10.8 Å². The Bertz CT molecular complexity index is 659. The molecule has 2 aromatic carbocycles. The van der Waals surface area contributed by atoms with Crippen LogP contribution in [0, 0.1) is 0 Å². The van der Waals surface area contributed by atoms with E-state index in [0.29, 0.717) is 5.02 Å². The van der Waals surface area contributed by atoms with Crippen molar-refractivity contribution in [2.24, 2.45) is 0 Å². The molecule has 1 heterocycles. The maximum atomic E-state index is 5.83. The lowest BCUT2D eigenvalue weighted by Crippen LogP contribution is -1.82. The van der Waals surface area contributed by atoms with Crippen molar-refractivity contribution in [1.29, 1.82) is 0 Å². The number of nitrogens with zero attached hydrogens (tertiary/aromatic N) is 1. The number of rotatable bonds is 1. The molecule has 0 fully saturated rings. The van der Waals surface area contributed by atoms with Crippen molar-refractivity contribution in [1.82, 2.24) is 4.98 Å². The van der Waals surface area contributed by atoms with Crippen molar-refractivity contribution in [3.8, 4) is 11.3 Å². The van der Waals surface area contributed by atoms with E-state index in [9.17, 15) is 0 Å². The van der Waals surface area contributed by atoms with Gasteiger partial charge >= 0.3 is 0 Å². The average Bonchev–Trinajstić information content (AvgIpc) is 2.39. The van der Waals surface area contributed by atoms with Crippen LogP contribution in [0.1, 0.15) is 0 Å². The molecule has 3 aromatic rings. The zero-order valence-electron chi connectivity index (χ0n) is 9.10. The summed E-state index contributed by atoms with van der Waals surface area (Å²) in [5.41, 5.74) is 2.06. The molecule has 2 heteroatoms. The van der Waals surface area contributed by atoms with Gasteiger partial charge in [-0.25, -0.2) is 0 Å². The number of hydrogen-bond acceptors (Lipinski definition) is 1. The molecule has 0 aliphatic heterocycles.